The van der Waals surface area contributed by atoms with Crippen LogP contribution in [0.4, 0.5) is 8.78 Å². The van der Waals surface area contributed by atoms with E-state index in [1.54, 1.807) is 29.1 Å². The molecule has 5 nitrogen and oxygen atoms in total. The fourth-order valence-electron chi connectivity index (χ4n) is 2.77. The van der Waals surface area contributed by atoms with E-state index in [9.17, 15) is 8.78 Å². The Bertz CT molecular complexity index is 1040. The fourth-order valence-corrected chi connectivity index (χ4v) is 3.53. The Hall–Kier alpha value is -2.89. The third kappa shape index (κ3) is 5.13. The maximum atomic E-state index is 14.8. The second-order valence-corrected chi connectivity index (χ2v) is 13.5. The van der Waals surface area contributed by atoms with Gasteiger partial charge in [-0.25, -0.2) is 18.4 Å². The molecule has 150 valence electrons. The zero-order valence-electron chi connectivity index (χ0n) is 16.6. The van der Waals surface area contributed by atoms with Crippen molar-refractivity contribution in [1.29, 1.82) is 5.26 Å². The Morgan fingerprint density at radius 2 is 1.83 bits per heavy atom. The molecular weight excluding hydrogens is 390 g/mol. The van der Waals surface area contributed by atoms with Crippen molar-refractivity contribution in [2.75, 3.05) is 6.61 Å². The Morgan fingerprint density at radius 1 is 1.10 bits per heavy atom. The minimum absolute atomic E-state index is 0.212. The molecular formula is C21H22F2N4OSi. The van der Waals surface area contributed by atoms with Gasteiger partial charge in [0.1, 0.15) is 24.3 Å². The van der Waals surface area contributed by atoms with E-state index in [0.29, 0.717) is 23.4 Å². The predicted octanol–water partition coefficient (Wildman–Crippen LogP) is 5.07. The van der Waals surface area contributed by atoms with Crippen LogP contribution in [0.5, 0.6) is 0 Å². The van der Waals surface area contributed by atoms with Gasteiger partial charge in [0.05, 0.1) is 0 Å². The molecule has 0 fully saturated rings. The molecule has 0 bridgehead atoms. The van der Waals surface area contributed by atoms with E-state index in [4.69, 9.17) is 10.00 Å². The van der Waals surface area contributed by atoms with Crippen LogP contribution in [0.2, 0.25) is 25.7 Å². The number of aromatic nitrogens is 3. The van der Waals surface area contributed by atoms with E-state index >= 15 is 0 Å². The summed E-state index contributed by atoms with van der Waals surface area (Å²) < 4.78 is 35.4. The van der Waals surface area contributed by atoms with Crippen molar-refractivity contribution in [3.63, 3.8) is 0 Å². The number of nitriles is 1. The van der Waals surface area contributed by atoms with E-state index < -0.39 is 13.9 Å². The first-order valence-electron chi connectivity index (χ1n) is 9.24. The topological polar surface area (TPSA) is 63.7 Å². The third-order valence-electron chi connectivity index (χ3n) is 4.38. The van der Waals surface area contributed by atoms with Crippen LogP contribution in [0.25, 0.3) is 22.4 Å². The van der Waals surface area contributed by atoms with Crippen molar-refractivity contribution in [2.45, 2.75) is 32.4 Å². The fraction of sp³-hybridized carbons (Fsp3) is 0.286. The van der Waals surface area contributed by atoms with Gasteiger partial charge in [-0.05, 0) is 36.4 Å². The number of halogens is 2. The van der Waals surface area contributed by atoms with Gasteiger partial charge in [0.25, 0.3) is 0 Å². The molecule has 0 atom stereocenters. The summed E-state index contributed by atoms with van der Waals surface area (Å²) in [6, 6.07) is 10.1. The lowest BCUT2D eigenvalue weighted by molar-refractivity contribution is 0.0788. The number of pyridine rings is 1. The van der Waals surface area contributed by atoms with E-state index in [0.717, 1.165) is 6.04 Å². The van der Waals surface area contributed by atoms with Gasteiger partial charge in [0, 0.05) is 43.8 Å². The van der Waals surface area contributed by atoms with E-state index in [1.165, 1.54) is 24.4 Å². The van der Waals surface area contributed by atoms with Gasteiger partial charge in [-0.2, -0.15) is 10.4 Å². The lowest BCUT2D eigenvalue weighted by atomic mass is 10.0. The first-order chi connectivity index (χ1) is 13.8. The van der Waals surface area contributed by atoms with E-state index in [-0.39, 0.29) is 23.8 Å². The maximum absolute atomic E-state index is 14.8. The highest BCUT2D eigenvalue weighted by Gasteiger charge is 2.19. The molecule has 0 aliphatic rings. The second kappa shape index (κ2) is 8.63. The SMILES string of the molecule is C[Si](C)(C)CCOCn1cc(-c2ccnc(C#N)c2F)c(-c2ccc(F)cc2)n1. The van der Waals surface area contributed by atoms with Crippen LogP contribution >= 0.6 is 0 Å². The van der Waals surface area contributed by atoms with Crippen molar-refractivity contribution in [2.24, 2.45) is 0 Å². The summed E-state index contributed by atoms with van der Waals surface area (Å²) in [5.74, 6) is -1.08. The average Bonchev–Trinajstić information content (AvgIpc) is 3.09. The minimum Gasteiger partial charge on any atom is -0.360 e. The lowest BCUT2D eigenvalue weighted by Crippen LogP contribution is -2.22. The first-order valence-corrected chi connectivity index (χ1v) is 13.0. The summed E-state index contributed by atoms with van der Waals surface area (Å²) >= 11 is 0. The summed E-state index contributed by atoms with van der Waals surface area (Å²) in [7, 11) is -1.21. The zero-order chi connectivity index (χ0) is 21.0. The molecule has 0 saturated heterocycles. The van der Waals surface area contributed by atoms with Crippen LogP contribution in [-0.2, 0) is 11.5 Å². The van der Waals surface area contributed by atoms with E-state index in [1.807, 2.05) is 0 Å². The van der Waals surface area contributed by atoms with Crippen LogP contribution in [0.15, 0.2) is 42.7 Å². The molecule has 0 saturated carbocycles. The highest BCUT2D eigenvalue weighted by atomic mass is 28.3. The smallest absolute Gasteiger partial charge is 0.176 e. The Labute approximate surface area is 169 Å². The molecule has 0 aliphatic heterocycles. The summed E-state index contributed by atoms with van der Waals surface area (Å²) in [5.41, 5.74) is 1.53. The van der Waals surface area contributed by atoms with Crippen molar-refractivity contribution in [1.82, 2.24) is 14.8 Å². The van der Waals surface area contributed by atoms with Crippen LogP contribution in [0.3, 0.4) is 0 Å². The highest BCUT2D eigenvalue weighted by Crippen LogP contribution is 2.33. The molecule has 0 amide bonds. The van der Waals surface area contributed by atoms with Gasteiger partial charge in [0.2, 0.25) is 0 Å². The standard InChI is InChI=1S/C21H22F2N4OSi/c1-29(2,3)11-10-28-14-27-13-18(17-8-9-25-19(12-24)20(17)23)21(26-27)15-4-6-16(22)7-5-15/h4-9,13H,10-11,14H2,1-3H3. The molecule has 1 aromatic carbocycles. The molecule has 3 rings (SSSR count). The van der Waals surface area contributed by atoms with Gasteiger partial charge in [-0.3, -0.25) is 0 Å². The van der Waals surface area contributed by atoms with Gasteiger partial charge < -0.3 is 4.74 Å². The number of ether oxygens (including phenoxy) is 1. The van der Waals surface area contributed by atoms with Gasteiger partial charge in [-0.1, -0.05) is 19.6 Å². The molecule has 0 radical (unpaired) electrons. The number of hydrogen-bond donors (Lipinski definition) is 0. The molecule has 0 N–H and O–H groups in total. The van der Waals surface area contributed by atoms with Gasteiger partial charge in [-0.15, -0.1) is 0 Å². The Balaban J connectivity index is 1.97. The quantitative estimate of drug-likeness (QED) is 0.401. The maximum Gasteiger partial charge on any atom is 0.176 e. The molecule has 8 heteroatoms. The Kier molecular flexibility index (Phi) is 6.20. The normalized spacial score (nSPS) is 11.4. The number of nitrogens with zero attached hydrogens (tertiary/aromatic N) is 4. The van der Waals surface area contributed by atoms with E-state index in [2.05, 4.69) is 29.7 Å². The third-order valence-corrected chi connectivity index (χ3v) is 6.09. The summed E-state index contributed by atoms with van der Waals surface area (Å²) in [5, 5.41) is 13.6. The molecule has 3 aromatic rings. The minimum atomic E-state index is -1.21. The van der Waals surface area contributed by atoms with Crippen LogP contribution in [-0.4, -0.2) is 29.4 Å². The number of benzene rings is 1. The van der Waals surface area contributed by atoms with Crippen molar-refractivity contribution in [3.05, 3.63) is 60.1 Å². The summed E-state index contributed by atoms with van der Waals surface area (Å²) in [6.45, 7) is 7.66. The van der Waals surface area contributed by atoms with Crippen LogP contribution in [0, 0.1) is 23.0 Å². The summed E-state index contributed by atoms with van der Waals surface area (Å²) in [4.78, 5) is 3.75. The molecule has 0 unspecified atom stereocenters. The molecule has 29 heavy (non-hydrogen) atoms. The molecule has 0 aliphatic carbocycles. The predicted molar refractivity (Wildman–Crippen MR) is 110 cm³/mol. The first kappa shape index (κ1) is 20.8. The highest BCUT2D eigenvalue weighted by molar-refractivity contribution is 6.76. The summed E-state index contributed by atoms with van der Waals surface area (Å²) in [6.07, 6.45) is 3.06. The Morgan fingerprint density at radius 3 is 2.48 bits per heavy atom. The molecule has 0 spiro atoms. The monoisotopic (exact) mass is 412 g/mol. The van der Waals surface area contributed by atoms with Crippen LogP contribution in [0.1, 0.15) is 5.69 Å². The van der Waals surface area contributed by atoms with Crippen LogP contribution < -0.4 is 0 Å². The average molecular weight is 413 g/mol. The van der Waals surface area contributed by atoms with Gasteiger partial charge >= 0.3 is 0 Å². The van der Waals surface area contributed by atoms with Crippen molar-refractivity contribution in [3.8, 4) is 28.5 Å². The largest absolute Gasteiger partial charge is 0.360 e. The number of hydrogen-bond acceptors (Lipinski definition) is 4. The lowest BCUT2D eigenvalue weighted by Gasteiger charge is -2.15. The van der Waals surface area contributed by atoms with Crippen molar-refractivity contribution < 1.29 is 13.5 Å². The van der Waals surface area contributed by atoms with Gasteiger partial charge in [0.15, 0.2) is 11.5 Å². The second-order valence-electron chi connectivity index (χ2n) is 7.92. The van der Waals surface area contributed by atoms with Crippen molar-refractivity contribution >= 4 is 8.07 Å². The zero-order valence-corrected chi connectivity index (χ0v) is 17.6. The molecule has 2 heterocycles. The molecule has 2 aromatic heterocycles. The number of rotatable bonds is 7.